The van der Waals surface area contributed by atoms with Crippen molar-refractivity contribution >= 4 is 5.78 Å². The minimum absolute atomic E-state index is 0.127. The highest BCUT2D eigenvalue weighted by atomic mass is 16.5. The number of hydrogen-bond donors (Lipinski definition) is 3. The van der Waals surface area contributed by atoms with Crippen LogP contribution >= 0.6 is 0 Å². The highest BCUT2D eigenvalue weighted by Crippen LogP contribution is 2.42. The number of ether oxygens (including phenoxy) is 1. The zero-order chi connectivity index (χ0) is 15.1. The number of phenolic OH excluding ortho intramolecular Hbond substituents is 3. The Morgan fingerprint density at radius 1 is 1.14 bits per heavy atom. The number of Topliss-reactive ketones (excluding diaryl/α,β-unsaturated/α-hetero) is 1. The normalized spacial score (nSPS) is 17.2. The lowest BCUT2D eigenvalue weighted by molar-refractivity contribution is 0.0894. The molecule has 0 fully saturated rings. The minimum atomic E-state index is -0.499. The number of rotatable bonds is 1. The Kier molecular flexibility index (Phi) is 2.97. The fraction of sp³-hybridized carbons (Fsp3) is 0.188. The smallest absolute Gasteiger partial charge is 0.177 e. The average molecular weight is 286 g/mol. The maximum Gasteiger partial charge on any atom is 0.177 e. The van der Waals surface area contributed by atoms with Crippen LogP contribution < -0.4 is 4.74 Å². The van der Waals surface area contributed by atoms with Gasteiger partial charge in [0.15, 0.2) is 17.3 Å². The molecule has 3 rings (SSSR count). The summed E-state index contributed by atoms with van der Waals surface area (Å²) in [6.45, 7) is 1.72. The summed E-state index contributed by atoms with van der Waals surface area (Å²) in [5, 5.41) is 28.7. The van der Waals surface area contributed by atoms with Crippen LogP contribution in [0.25, 0.3) is 0 Å². The third-order valence-corrected chi connectivity index (χ3v) is 3.75. The van der Waals surface area contributed by atoms with Crippen molar-refractivity contribution in [3.63, 3.8) is 0 Å². The summed E-state index contributed by atoms with van der Waals surface area (Å²) < 4.78 is 5.55. The second-order valence-electron chi connectivity index (χ2n) is 5.06. The molecule has 0 saturated carbocycles. The number of hydrogen-bond acceptors (Lipinski definition) is 5. The van der Waals surface area contributed by atoms with E-state index >= 15 is 0 Å². The van der Waals surface area contributed by atoms with E-state index in [4.69, 9.17) is 4.74 Å². The van der Waals surface area contributed by atoms with Gasteiger partial charge in [-0.15, -0.1) is 0 Å². The zero-order valence-corrected chi connectivity index (χ0v) is 11.3. The molecule has 1 aliphatic rings. The molecule has 0 bridgehead atoms. The second kappa shape index (κ2) is 4.70. The van der Waals surface area contributed by atoms with E-state index in [0.717, 1.165) is 5.56 Å². The van der Waals surface area contributed by atoms with Crippen LogP contribution in [0.2, 0.25) is 0 Å². The fourth-order valence-electron chi connectivity index (χ4n) is 2.56. The fourth-order valence-corrected chi connectivity index (χ4v) is 2.56. The van der Waals surface area contributed by atoms with Crippen molar-refractivity contribution in [3.05, 3.63) is 47.0 Å². The Hall–Kier alpha value is -2.69. The summed E-state index contributed by atoms with van der Waals surface area (Å²) in [5.41, 5.74) is 1.32. The van der Waals surface area contributed by atoms with Crippen LogP contribution in [0.5, 0.6) is 23.0 Å². The molecule has 0 aliphatic carbocycles. The largest absolute Gasteiger partial charge is 0.508 e. The van der Waals surface area contributed by atoms with E-state index in [0.29, 0.717) is 5.56 Å². The molecule has 21 heavy (non-hydrogen) atoms. The van der Waals surface area contributed by atoms with Gasteiger partial charge >= 0.3 is 0 Å². The van der Waals surface area contributed by atoms with Crippen LogP contribution in [-0.2, 0) is 0 Å². The summed E-state index contributed by atoms with van der Waals surface area (Å²) >= 11 is 0. The van der Waals surface area contributed by atoms with Crippen molar-refractivity contribution < 1.29 is 24.9 Å². The molecule has 0 spiro atoms. The lowest BCUT2D eigenvalue weighted by Crippen LogP contribution is -2.26. The number of carbonyl (C=O) groups is 1. The number of fused-ring (bicyclic) bond motifs is 1. The summed E-state index contributed by atoms with van der Waals surface area (Å²) in [4.78, 5) is 12.7. The molecule has 0 amide bonds. The van der Waals surface area contributed by atoms with Crippen LogP contribution in [0.3, 0.4) is 0 Å². The maximum absolute atomic E-state index is 12.7. The van der Waals surface area contributed by atoms with Crippen molar-refractivity contribution in [2.75, 3.05) is 6.61 Å². The van der Waals surface area contributed by atoms with Crippen molar-refractivity contribution in [2.24, 2.45) is 0 Å². The Morgan fingerprint density at radius 2 is 1.81 bits per heavy atom. The molecule has 2 aromatic rings. The monoisotopic (exact) mass is 286 g/mol. The van der Waals surface area contributed by atoms with Gasteiger partial charge in [0.05, 0.1) is 11.5 Å². The lowest BCUT2D eigenvalue weighted by Gasteiger charge is -2.26. The van der Waals surface area contributed by atoms with Crippen LogP contribution in [0.15, 0.2) is 30.3 Å². The van der Waals surface area contributed by atoms with Gasteiger partial charge in [0.25, 0.3) is 0 Å². The van der Waals surface area contributed by atoms with Gasteiger partial charge in [-0.05, 0) is 24.6 Å². The first-order valence-electron chi connectivity index (χ1n) is 6.50. The third kappa shape index (κ3) is 2.07. The van der Waals surface area contributed by atoms with E-state index in [1.807, 2.05) is 0 Å². The van der Waals surface area contributed by atoms with Crippen molar-refractivity contribution in [3.8, 4) is 23.0 Å². The first-order chi connectivity index (χ1) is 9.99. The Morgan fingerprint density at radius 3 is 2.48 bits per heavy atom. The summed E-state index contributed by atoms with van der Waals surface area (Å²) in [6.07, 6.45) is 0. The summed E-state index contributed by atoms with van der Waals surface area (Å²) in [6, 6.07) is 7.62. The molecule has 1 atom stereocenters. The molecule has 5 heteroatoms. The van der Waals surface area contributed by atoms with Crippen molar-refractivity contribution in [1.82, 2.24) is 0 Å². The highest BCUT2D eigenvalue weighted by molar-refractivity contribution is 6.06. The van der Waals surface area contributed by atoms with Gasteiger partial charge in [0.1, 0.15) is 18.1 Å². The van der Waals surface area contributed by atoms with Crippen molar-refractivity contribution in [1.29, 1.82) is 0 Å². The van der Waals surface area contributed by atoms with Gasteiger partial charge in [-0.3, -0.25) is 4.79 Å². The van der Waals surface area contributed by atoms with Crippen molar-refractivity contribution in [2.45, 2.75) is 12.8 Å². The standard InChI is InChI=1S/C16H14O5/c1-8-14-13(6-12(18)15(8)19)21-7-11(16(14)20)9-2-4-10(17)5-3-9/h2-6,11,17-19H,7H2,1H3. The summed E-state index contributed by atoms with van der Waals surface area (Å²) in [5.74, 6) is -0.875. The lowest BCUT2D eigenvalue weighted by atomic mass is 9.86. The molecule has 1 unspecified atom stereocenters. The molecule has 5 nitrogen and oxygen atoms in total. The Labute approximate surface area is 121 Å². The quantitative estimate of drug-likeness (QED) is 0.701. The van der Waals surface area contributed by atoms with Gasteiger partial charge in [0.2, 0.25) is 0 Å². The van der Waals surface area contributed by atoms with Gasteiger partial charge < -0.3 is 20.1 Å². The maximum atomic E-state index is 12.7. The Bertz CT molecular complexity index is 718. The molecule has 2 aromatic carbocycles. The number of benzene rings is 2. The van der Waals surface area contributed by atoms with Gasteiger partial charge in [-0.2, -0.15) is 0 Å². The molecule has 0 saturated heterocycles. The van der Waals surface area contributed by atoms with Crippen LogP contribution in [0, 0.1) is 6.92 Å². The molecular formula is C16H14O5. The van der Waals surface area contributed by atoms with Crippen LogP contribution in [0.1, 0.15) is 27.4 Å². The van der Waals surface area contributed by atoms with Gasteiger partial charge in [-0.25, -0.2) is 0 Å². The van der Waals surface area contributed by atoms with E-state index in [9.17, 15) is 20.1 Å². The van der Waals surface area contributed by atoms with E-state index < -0.39 is 5.92 Å². The molecule has 1 aliphatic heterocycles. The van der Waals surface area contributed by atoms with E-state index in [2.05, 4.69) is 0 Å². The molecule has 0 radical (unpaired) electrons. The number of ketones is 1. The zero-order valence-electron chi connectivity index (χ0n) is 11.3. The van der Waals surface area contributed by atoms with Gasteiger partial charge in [-0.1, -0.05) is 12.1 Å². The first kappa shape index (κ1) is 13.3. The number of carbonyl (C=O) groups excluding carboxylic acids is 1. The number of phenols is 3. The molecule has 0 aromatic heterocycles. The van der Waals surface area contributed by atoms with Gasteiger partial charge in [0, 0.05) is 11.6 Å². The Balaban J connectivity index is 2.06. The molecule has 3 N–H and O–H groups in total. The molecule has 108 valence electrons. The predicted molar refractivity (Wildman–Crippen MR) is 75.2 cm³/mol. The van der Waals surface area contributed by atoms with E-state index in [1.54, 1.807) is 19.1 Å². The highest BCUT2D eigenvalue weighted by Gasteiger charge is 2.33. The van der Waals surface area contributed by atoms with E-state index in [-0.39, 0.29) is 41.0 Å². The third-order valence-electron chi connectivity index (χ3n) is 3.75. The topological polar surface area (TPSA) is 87.0 Å². The van der Waals surface area contributed by atoms with Crippen LogP contribution in [0.4, 0.5) is 0 Å². The average Bonchev–Trinajstić information content (AvgIpc) is 2.46. The summed E-state index contributed by atoms with van der Waals surface area (Å²) in [7, 11) is 0. The molecular weight excluding hydrogens is 272 g/mol. The minimum Gasteiger partial charge on any atom is -0.508 e. The number of aromatic hydroxyl groups is 3. The SMILES string of the molecule is Cc1c(O)c(O)cc2c1C(=O)C(c1ccc(O)cc1)CO2. The predicted octanol–water partition coefficient (Wildman–Crippen LogP) is 2.47. The molecule has 1 heterocycles. The second-order valence-corrected chi connectivity index (χ2v) is 5.06. The van der Waals surface area contributed by atoms with E-state index in [1.165, 1.54) is 18.2 Å². The first-order valence-corrected chi connectivity index (χ1v) is 6.50. The van der Waals surface area contributed by atoms with Crippen LogP contribution in [-0.4, -0.2) is 27.7 Å².